The molecular formula is C22H26N4O3. The molecule has 0 spiro atoms. The molecule has 0 amide bonds. The molecule has 0 saturated heterocycles. The number of hydrogen-bond acceptors (Lipinski definition) is 6. The molecular weight excluding hydrogens is 368 g/mol. The number of ether oxygens (including phenoxy) is 2. The van der Waals surface area contributed by atoms with E-state index in [2.05, 4.69) is 27.5 Å². The van der Waals surface area contributed by atoms with E-state index < -0.39 is 5.41 Å². The molecule has 3 rings (SSSR count). The SMILES string of the molecule is COc1ccc(CCCn2nnc(-c3ccc(OC(=O)C(C)(C)C)cc3)n2)cc1. The molecule has 7 nitrogen and oxygen atoms in total. The van der Waals surface area contributed by atoms with Gasteiger partial charge in [0.1, 0.15) is 11.5 Å². The Hall–Kier alpha value is -3.22. The summed E-state index contributed by atoms with van der Waals surface area (Å²) in [4.78, 5) is 13.6. The van der Waals surface area contributed by atoms with Gasteiger partial charge < -0.3 is 9.47 Å². The first-order valence-electron chi connectivity index (χ1n) is 9.58. The lowest BCUT2D eigenvalue weighted by Gasteiger charge is -2.16. The first-order valence-corrected chi connectivity index (χ1v) is 9.58. The van der Waals surface area contributed by atoms with Gasteiger partial charge in [-0.2, -0.15) is 4.80 Å². The highest BCUT2D eigenvalue weighted by Crippen LogP contribution is 2.22. The third-order valence-electron chi connectivity index (χ3n) is 4.37. The van der Waals surface area contributed by atoms with E-state index in [0.29, 0.717) is 18.1 Å². The molecule has 0 fully saturated rings. The number of carbonyl (C=O) groups is 1. The molecule has 0 aliphatic heterocycles. The number of rotatable bonds is 7. The van der Waals surface area contributed by atoms with E-state index in [0.717, 1.165) is 24.2 Å². The van der Waals surface area contributed by atoms with Crippen molar-refractivity contribution in [3.8, 4) is 22.9 Å². The van der Waals surface area contributed by atoms with Crippen LogP contribution in [0.5, 0.6) is 11.5 Å². The normalized spacial score (nSPS) is 11.3. The standard InChI is InChI=1S/C22H26N4O3/c1-22(2,3)21(27)29-19-13-9-17(10-14-19)20-23-25-26(24-20)15-5-6-16-7-11-18(28-4)12-8-16/h7-14H,5-6,15H2,1-4H3. The average Bonchev–Trinajstić information content (AvgIpc) is 3.17. The van der Waals surface area contributed by atoms with Crippen LogP contribution >= 0.6 is 0 Å². The van der Waals surface area contributed by atoms with E-state index in [9.17, 15) is 4.79 Å². The Bertz CT molecular complexity index is 941. The maximum atomic E-state index is 12.0. The van der Waals surface area contributed by atoms with Gasteiger partial charge in [0.05, 0.1) is 19.1 Å². The van der Waals surface area contributed by atoms with E-state index in [-0.39, 0.29) is 5.97 Å². The fourth-order valence-electron chi connectivity index (χ4n) is 2.60. The number of aromatic nitrogens is 4. The van der Waals surface area contributed by atoms with Crippen LogP contribution in [0.4, 0.5) is 0 Å². The molecule has 3 aromatic rings. The van der Waals surface area contributed by atoms with Crippen LogP contribution in [-0.2, 0) is 17.8 Å². The van der Waals surface area contributed by atoms with Crippen LogP contribution in [0.25, 0.3) is 11.4 Å². The molecule has 2 aromatic carbocycles. The summed E-state index contributed by atoms with van der Waals surface area (Å²) in [6.45, 7) is 6.14. The van der Waals surface area contributed by atoms with E-state index >= 15 is 0 Å². The second kappa shape index (κ2) is 8.86. The van der Waals surface area contributed by atoms with Crippen molar-refractivity contribution >= 4 is 5.97 Å². The molecule has 1 aromatic heterocycles. The van der Waals surface area contributed by atoms with Gasteiger partial charge in [0, 0.05) is 5.56 Å². The summed E-state index contributed by atoms with van der Waals surface area (Å²) in [7, 11) is 1.66. The third kappa shape index (κ3) is 5.63. The van der Waals surface area contributed by atoms with Gasteiger partial charge in [-0.1, -0.05) is 12.1 Å². The van der Waals surface area contributed by atoms with Crippen molar-refractivity contribution in [2.45, 2.75) is 40.2 Å². The van der Waals surface area contributed by atoms with Gasteiger partial charge in [0.25, 0.3) is 0 Å². The van der Waals surface area contributed by atoms with Crippen LogP contribution in [0.15, 0.2) is 48.5 Å². The molecule has 0 aliphatic carbocycles. The second-order valence-electron chi connectivity index (χ2n) is 7.82. The number of benzene rings is 2. The molecule has 0 saturated carbocycles. The molecule has 29 heavy (non-hydrogen) atoms. The fourth-order valence-corrected chi connectivity index (χ4v) is 2.60. The van der Waals surface area contributed by atoms with E-state index in [1.165, 1.54) is 5.56 Å². The number of carbonyl (C=O) groups excluding carboxylic acids is 1. The van der Waals surface area contributed by atoms with Crippen molar-refractivity contribution in [2.75, 3.05) is 7.11 Å². The summed E-state index contributed by atoms with van der Waals surface area (Å²) in [5, 5.41) is 12.7. The number of hydrogen-bond donors (Lipinski definition) is 0. The summed E-state index contributed by atoms with van der Waals surface area (Å²) in [5.41, 5.74) is 1.52. The highest BCUT2D eigenvalue weighted by atomic mass is 16.5. The summed E-state index contributed by atoms with van der Waals surface area (Å²) >= 11 is 0. The number of aryl methyl sites for hydroxylation is 2. The number of nitrogens with zero attached hydrogens (tertiary/aromatic N) is 4. The van der Waals surface area contributed by atoms with Crippen molar-refractivity contribution in [3.63, 3.8) is 0 Å². The molecule has 0 unspecified atom stereocenters. The van der Waals surface area contributed by atoms with Crippen molar-refractivity contribution in [3.05, 3.63) is 54.1 Å². The Morgan fingerprint density at radius 1 is 1.00 bits per heavy atom. The zero-order chi connectivity index (χ0) is 20.9. The van der Waals surface area contributed by atoms with Crippen molar-refractivity contribution in [1.82, 2.24) is 20.2 Å². The minimum atomic E-state index is -0.547. The monoisotopic (exact) mass is 394 g/mol. The van der Waals surface area contributed by atoms with Crippen LogP contribution in [0.2, 0.25) is 0 Å². The molecule has 0 bridgehead atoms. The summed E-state index contributed by atoms with van der Waals surface area (Å²) in [5.74, 6) is 1.63. The van der Waals surface area contributed by atoms with E-state index in [1.54, 1.807) is 24.0 Å². The number of esters is 1. The predicted octanol–water partition coefficient (Wildman–Crippen LogP) is 3.93. The van der Waals surface area contributed by atoms with Crippen LogP contribution in [0, 0.1) is 5.41 Å². The molecule has 1 heterocycles. The topological polar surface area (TPSA) is 79.1 Å². The van der Waals surface area contributed by atoms with Crippen molar-refractivity contribution in [1.29, 1.82) is 0 Å². The van der Waals surface area contributed by atoms with Gasteiger partial charge in [0.2, 0.25) is 5.82 Å². The highest BCUT2D eigenvalue weighted by molar-refractivity contribution is 5.78. The average molecular weight is 394 g/mol. The maximum Gasteiger partial charge on any atom is 0.316 e. The smallest absolute Gasteiger partial charge is 0.316 e. The largest absolute Gasteiger partial charge is 0.497 e. The van der Waals surface area contributed by atoms with E-state index in [4.69, 9.17) is 9.47 Å². The van der Waals surface area contributed by atoms with Gasteiger partial charge >= 0.3 is 5.97 Å². The fraction of sp³-hybridized carbons (Fsp3) is 0.364. The van der Waals surface area contributed by atoms with E-state index in [1.807, 2.05) is 45.0 Å². The van der Waals surface area contributed by atoms with Crippen molar-refractivity contribution < 1.29 is 14.3 Å². The Balaban J connectivity index is 1.54. The van der Waals surface area contributed by atoms with Crippen LogP contribution in [0.3, 0.4) is 0 Å². The second-order valence-corrected chi connectivity index (χ2v) is 7.82. The molecule has 152 valence electrons. The Morgan fingerprint density at radius 2 is 1.66 bits per heavy atom. The van der Waals surface area contributed by atoms with Gasteiger partial charge in [-0.3, -0.25) is 4.79 Å². The van der Waals surface area contributed by atoms with Crippen molar-refractivity contribution in [2.24, 2.45) is 5.41 Å². The minimum absolute atomic E-state index is 0.272. The zero-order valence-electron chi connectivity index (χ0n) is 17.3. The lowest BCUT2D eigenvalue weighted by molar-refractivity contribution is -0.142. The predicted molar refractivity (Wildman–Crippen MR) is 110 cm³/mol. The van der Waals surface area contributed by atoms with Gasteiger partial charge in [-0.25, -0.2) is 0 Å². The molecule has 0 radical (unpaired) electrons. The van der Waals surface area contributed by atoms with Crippen LogP contribution < -0.4 is 9.47 Å². The highest BCUT2D eigenvalue weighted by Gasteiger charge is 2.23. The lowest BCUT2D eigenvalue weighted by Crippen LogP contribution is -2.25. The van der Waals surface area contributed by atoms with Crippen LogP contribution in [-0.4, -0.2) is 33.3 Å². The van der Waals surface area contributed by atoms with Gasteiger partial charge in [0.15, 0.2) is 0 Å². The number of methoxy groups -OCH3 is 1. The summed E-state index contributed by atoms with van der Waals surface area (Å²) in [6.07, 6.45) is 1.83. The Morgan fingerprint density at radius 3 is 2.28 bits per heavy atom. The minimum Gasteiger partial charge on any atom is -0.497 e. The third-order valence-corrected chi connectivity index (χ3v) is 4.37. The number of tetrazole rings is 1. The maximum absolute atomic E-state index is 12.0. The molecule has 0 aliphatic rings. The molecule has 0 N–H and O–H groups in total. The Kier molecular flexibility index (Phi) is 6.26. The first kappa shape index (κ1) is 20.5. The zero-order valence-corrected chi connectivity index (χ0v) is 17.3. The van der Waals surface area contributed by atoms with Gasteiger partial charge in [-0.15, -0.1) is 10.2 Å². The summed E-state index contributed by atoms with van der Waals surface area (Å²) in [6, 6.07) is 15.2. The van der Waals surface area contributed by atoms with Crippen LogP contribution in [0.1, 0.15) is 32.8 Å². The lowest BCUT2D eigenvalue weighted by atomic mass is 9.97. The Labute approximate surface area is 170 Å². The summed E-state index contributed by atoms with van der Waals surface area (Å²) < 4.78 is 10.5. The molecule has 7 heteroatoms. The van der Waals surface area contributed by atoms with Gasteiger partial charge in [-0.05, 0) is 80.8 Å². The molecule has 0 atom stereocenters. The quantitative estimate of drug-likeness (QED) is 0.446. The first-order chi connectivity index (χ1) is 13.8.